The van der Waals surface area contributed by atoms with Crippen LogP contribution in [0.15, 0.2) is 54.6 Å². The van der Waals surface area contributed by atoms with E-state index in [1.165, 1.54) is 0 Å². The summed E-state index contributed by atoms with van der Waals surface area (Å²) in [5.41, 5.74) is 0. The van der Waals surface area contributed by atoms with Crippen LogP contribution >= 0.6 is 69.6 Å². The number of halogens is 6. The van der Waals surface area contributed by atoms with Gasteiger partial charge >= 0.3 is 186 Å². The van der Waals surface area contributed by atoms with Crippen molar-refractivity contribution < 1.29 is 0 Å². The summed E-state index contributed by atoms with van der Waals surface area (Å²) in [6.07, 6.45) is 0. The molecule has 0 aliphatic rings. The van der Waals surface area contributed by atoms with Crippen molar-refractivity contribution in [1.82, 2.24) is 0 Å². The molecule has 0 aliphatic heterocycles. The number of hydrogen-bond acceptors (Lipinski definition) is 0. The average molecular weight is 647 g/mol. The van der Waals surface area contributed by atoms with Crippen molar-refractivity contribution in [2.75, 3.05) is 0 Å². The first kappa shape index (κ1) is 20.0. The molecule has 3 rings (SSSR count). The third-order valence-corrected chi connectivity index (χ3v) is 15.0. The number of hydrogen-bond donors (Lipinski definition) is 0. The molecule has 3 aromatic rings. The zero-order chi connectivity index (χ0) is 18.1. The van der Waals surface area contributed by atoms with E-state index in [4.69, 9.17) is 69.6 Å². The molecule has 0 amide bonds. The Kier molecular flexibility index (Phi) is 6.83. The Labute approximate surface area is 184 Å². The molecule has 0 aromatic heterocycles. The van der Waals surface area contributed by atoms with Crippen LogP contribution in [0.25, 0.3) is 0 Å². The summed E-state index contributed by atoms with van der Waals surface area (Å²) >= 11 is 34.3. The summed E-state index contributed by atoms with van der Waals surface area (Å²) in [7, 11) is 0. The van der Waals surface area contributed by atoms with Crippen LogP contribution in [0, 0.1) is 0 Å². The zero-order valence-electron chi connectivity index (χ0n) is 12.4. The average Bonchev–Trinajstić information content (AvgIpc) is 2.57. The maximum absolute atomic E-state index is 6.25. The minimum absolute atomic E-state index is 0.526. The van der Waals surface area contributed by atoms with Gasteiger partial charge in [-0.25, -0.2) is 0 Å². The Morgan fingerprint density at radius 3 is 0.920 bits per heavy atom. The second-order valence-corrected chi connectivity index (χ2v) is 16.2. The fourth-order valence-electron chi connectivity index (χ4n) is 2.32. The predicted molar refractivity (Wildman–Crippen MR) is 114 cm³/mol. The van der Waals surface area contributed by atoms with Crippen LogP contribution in [-0.4, -0.2) is 21.8 Å². The maximum atomic E-state index is 6.25. The molecule has 7 heteroatoms. The topological polar surface area (TPSA) is 0 Å². The van der Waals surface area contributed by atoms with Crippen LogP contribution in [0.1, 0.15) is 0 Å². The Hall–Kier alpha value is 0.283. The molecule has 0 unspecified atom stereocenters. The van der Waals surface area contributed by atoms with Gasteiger partial charge in [-0.2, -0.15) is 0 Å². The molecule has 0 radical (unpaired) electrons. The molecule has 0 heterocycles. The molecule has 0 fully saturated rings. The predicted octanol–water partition coefficient (Wildman–Crippen LogP) is 6.12. The van der Waals surface area contributed by atoms with Gasteiger partial charge in [-0.3, -0.25) is 0 Å². The van der Waals surface area contributed by atoms with Crippen LogP contribution in [0.5, 0.6) is 0 Å². The molecule has 0 aliphatic carbocycles. The Bertz CT molecular complexity index is 818. The van der Waals surface area contributed by atoms with E-state index >= 15 is 0 Å². The molecule has 0 saturated heterocycles. The molecule has 0 bridgehead atoms. The van der Waals surface area contributed by atoms with Crippen molar-refractivity contribution in [2.24, 2.45) is 0 Å². The van der Waals surface area contributed by atoms with Gasteiger partial charge in [0, 0.05) is 0 Å². The molecule has 0 N–H and O–H groups in total. The summed E-state index contributed by atoms with van der Waals surface area (Å²) < 4.78 is 3.46. The van der Waals surface area contributed by atoms with E-state index in [9.17, 15) is 0 Å². The van der Waals surface area contributed by atoms with Crippen molar-refractivity contribution >= 4 is 101 Å². The summed E-state index contributed by atoms with van der Waals surface area (Å²) in [6.45, 7) is 0. The van der Waals surface area contributed by atoms with E-state index in [1.807, 2.05) is 54.6 Å². The van der Waals surface area contributed by atoms with Crippen LogP contribution in [-0.2, 0) is 0 Å². The molecule has 0 saturated carbocycles. The van der Waals surface area contributed by atoms with Crippen LogP contribution in [0.4, 0.5) is 0 Å². The van der Waals surface area contributed by atoms with Gasteiger partial charge in [0.25, 0.3) is 0 Å². The molecule has 25 heavy (non-hydrogen) atoms. The normalized spacial score (nSPS) is 11.2. The van der Waals surface area contributed by atoms with E-state index in [2.05, 4.69) is 0 Å². The second-order valence-electron chi connectivity index (χ2n) is 5.13. The van der Waals surface area contributed by atoms with Crippen molar-refractivity contribution in [3.63, 3.8) is 0 Å². The number of benzene rings is 3. The standard InChI is InChI=1S/3C6H3Cl2.Bi/c3*7-5-3-1-2-4-6(5)8;/h3*1,3-4H;. The van der Waals surface area contributed by atoms with Gasteiger partial charge in [-0.05, 0) is 0 Å². The molecule has 0 spiro atoms. The van der Waals surface area contributed by atoms with Crippen molar-refractivity contribution in [1.29, 1.82) is 0 Å². The van der Waals surface area contributed by atoms with Crippen molar-refractivity contribution in [3.05, 3.63) is 84.7 Å². The molecular formula is C18H9BiCl6. The van der Waals surface area contributed by atoms with Crippen LogP contribution in [0.2, 0.25) is 30.1 Å². The first-order chi connectivity index (χ1) is 11.9. The monoisotopic (exact) mass is 644 g/mol. The molecule has 0 atom stereocenters. The summed E-state index contributed by atoms with van der Waals surface area (Å²) in [5.74, 6) is 0. The van der Waals surface area contributed by atoms with Crippen LogP contribution < -0.4 is 9.81 Å². The summed E-state index contributed by atoms with van der Waals surface area (Å²) in [4.78, 5) is 0. The summed E-state index contributed by atoms with van der Waals surface area (Å²) in [5, 5.41) is 3.16. The van der Waals surface area contributed by atoms with Gasteiger partial charge in [0.1, 0.15) is 0 Å². The van der Waals surface area contributed by atoms with Gasteiger partial charge in [-0.1, -0.05) is 0 Å². The Morgan fingerprint density at radius 2 is 0.680 bits per heavy atom. The first-order valence-electron chi connectivity index (χ1n) is 7.02. The van der Waals surface area contributed by atoms with E-state index in [-0.39, 0.29) is 0 Å². The van der Waals surface area contributed by atoms with Crippen LogP contribution in [0.3, 0.4) is 0 Å². The fraction of sp³-hybridized carbons (Fsp3) is 0. The van der Waals surface area contributed by atoms with Gasteiger partial charge in [0.2, 0.25) is 0 Å². The van der Waals surface area contributed by atoms with Gasteiger partial charge < -0.3 is 0 Å². The van der Waals surface area contributed by atoms with E-state index in [0.29, 0.717) is 30.1 Å². The SMILES string of the molecule is Clc1cc[c]([Bi]([c]2ccc(Cl)c(Cl)c2)[c]2ccc(Cl)c(Cl)c2)cc1Cl. The van der Waals surface area contributed by atoms with E-state index in [0.717, 1.165) is 9.81 Å². The van der Waals surface area contributed by atoms with Gasteiger partial charge in [0.15, 0.2) is 0 Å². The summed E-state index contributed by atoms with van der Waals surface area (Å²) in [6, 6.07) is 17.3. The molecule has 3 aromatic carbocycles. The quantitative estimate of drug-likeness (QED) is 0.301. The second kappa shape index (κ2) is 8.53. The zero-order valence-corrected chi connectivity index (χ0v) is 20.4. The molecule has 0 nitrogen and oxygen atoms in total. The van der Waals surface area contributed by atoms with Gasteiger partial charge in [-0.15, -0.1) is 0 Å². The molecular weight excluding hydrogens is 638 g/mol. The first-order valence-corrected chi connectivity index (χ1v) is 14.5. The third kappa shape index (κ3) is 4.58. The molecule has 128 valence electrons. The van der Waals surface area contributed by atoms with E-state index < -0.39 is 21.8 Å². The van der Waals surface area contributed by atoms with E-state index in [1.54, 1.807) is 0 Å². The Balaban J connectivity index is 2.21. The Morgan fingerprint density at radius 1 is 0.400 bits per heavy atom. The van der Waals surface area contributed by atoms with Crippen molar-refractivity contribution in [3.8, 4) is 0 Å². The number of rotatable bonds is 3. The van der Waals surface area contributed by atoms with Gasteiger partial charge in [0.05, 0.1) is 0 Å². The minimum atomic E-state index is -2.69. The van der Waals surface area contributed by atoms with Crippen molar-refractivity contribution in [2.45, 2.75) is 0 Å². The third-order valence-electron chi connectivity index (χ3n) is 3.48. The fourth-order valence-corrected chi connectivity index (χ4v) is 13.2.